The van der Waals surface area contributed by atoms with Crippen LogP contribution in [0.2, 0.25) is 0 Å². The Hall–Kier alpha value is -1.18. The number of amides is 2. The van der Waals surface area contributed by atoms with E-state index in [0.29, 0.717) is 13.1 Å². The molecule has 0 bridgehead atoms. The van der Waals surface area contributed by atoms with Crippen LogP contribution in [-0.2, 0) is 19.1 Å². The molecule has 126 valence electrons. The Morgan fingerprint density at radius 1 is 1.27 bits per heavy atom. The summed E-state index contributed by atoms with van der Waals surface area (Å²) in [5, 5.41) is 2.88. The molecule has 7 nitrogen and oxygen atoms in total. The Kier molecular flexibility index (Phi) is 7.08. The minimum atomic E-state index is -0.110. The number of morpholine rings is 1. The Balaban J connectivity index is 1.65. The lowest BCUT2D eigenvalue weighted by molar-refractivity contribution is -0.135. The molecule has 1 N–H and O–H groups in total. The van der Waals surface area contributed by atoms with Gasteiger partial charge in [-0.1, -0.05) is 0 Å². The standard InChI is InChI=1S/C15H27N3O4/c1-13(19)18(11-14-3-2-8-22-14)12-15(20)16-4-5-17-6-9-21-10-7-17/h14H,2-12H2,1H3,(H,16,20). The molecule has 0 aromatic carbocycles. The van der Waals surface area contributed by atoms with Crippen molar-refractivity contribution in [3.63, 3.8) is 0 Å². The van der Waals surface area contributed by atoms with E-state index in [2.05, 4.69) is 10.2 Å². The Morgan fingerprint density at radius 3 is 2.68 bits per heavy atom. The summed E-state index contributed by atoms with van der Waals surface area (Å²) in [7, 11) is 0. The molecule has 0 spiro atoms. The van der Waals surface area contributed by atoms with Gasteiger partial charge in [-0.3, -0.25) is 14.5 Å². The molecular weight excluding hydrogens is 286 g/mol. The number of rotatable bonds is 7. The lowest BCUT2D eigenvalue weighted by Gasteiger charge is -2.27. The Bertz CT molecular complexity index is 366. The van der Waals surface area contributed by atoms with Crippen LogP contribution < -0.4 is 5.32 Å². The lowest BCUT2D eigenvalue weighted by atomic mass is 10.2. The van der Waals surface area contributed by atoms with Crippen LogP contribution in [0.25, 0.3) is 0 Å². The van der Waals surface area contributed by atoms with Gasteiger partial charge >= 0.3 is 0 Å². The first-order chi connectivity index (χ1) is 10.6. The van der Waals surface area contributed by atoms with Crippen LogP contribution in [0.1, 0.15) is 19.8 Å². The van der Waals surface area contributed by atoms with Gasteiger partial charge in [0.2, 0.25) is 11.8 Å². The highest BCUT2D eigenvalue weighted by Crippen LogP contribution is 2.13. The van der Waals surface area contributed by atoms with Gasteiger partial charge in [-0.2, -0.15) is 0 Å². The minimum Gasteiger partial charge on any atom is -0.379 e. The monoisotopic (exact) mass is 313 g/mol. The fourth-order valence-electron chi connectivity index (χ4n) is 2.75. The molecule has 0 radical (unpaired) electrons. The topological polar surface area (TPSA) is 71.1 Å². The maximum Gasteiger partial charge on any atom is 0.239 e. The quantitative estimate of drug-likeness (QED) is 0.684. The molecule has 2 fully saturated rings. The van der Waals surface area contributed by atoms with E-state index in [1.807, 2.05) is 0 Å². The third-order valence-electron chi connectivity index (χ3n) is 4.08. The number of hydrogen-bond donors (Lipinski definition) is 1. The van der Waals surface area contributed by atoms with Crippen LogP contribution in [0, 0.1) is 0 Å². The predicted molar refractivity (Wildman–Crippen MR) is 81.5 cm³/mol. The van der Waals surface area contributed by atoms with Crippen molar-refractivity contribution in [2.45, 2.75) is 25.9 Å². The van der Waals surface area contributed by atoms with E-state index in [-0.39, 0.29) is 24.5 Å². The summed E-state index contributed by atoms with van der Waals surface area (Å²) in [6.07, 6.45) is 2.06. The number of carbonyl (C=O) groups excluding carboxylic acids is 2. The van der Waals surface area contributed by atoms with Crippen molar-refractivity contribution in [2.24, 2.45) is 0 Å². The number of ether oxygens (including phenoxy) is 2. The van der Waals surface area contributed by atoms with Crippen LogP contribution in [-0.4, -0.2) is 86.8 Å². The molecule has 2 aliphatic heterocycles. The summed E-state index contributed by atoms with van der Waals surface area (Å²) in [6, 6.07) is 0. The first-order valence-electron chi connectivity index (χ1n) is 8.09. The van der Waals surface area contributed by atoms with Gasteiger partial charge in [0, 0.05) is 46.3 Å². The van der Waals surface area contributed by atoms with Gasteiger partial charge in [0.25, 0.3) is 0 Å². The van der Waals surface area contributed by atoms with Gasteiger partial charge in [0.05, 0.1) is 25.9 Å². The van der Waals surface area contributed by atoms with Crippen LogP contribution in [0.4, 0.5) is 0 Å². The normalized spacial score (nSPS) is 22.5. The molecule has 0 aromatic heterocycles. The maximum absolute atomic E-state index is 12.0. The molecule has 1 atom stereocenters. The summed E-state index contributed by atoms with van der Waals surface area (Å²) in [5.74, 6) is -0.194. The smallest absolute Gasteiger partial charge is 0.239 e. The minimum absolute atomic E-state index is 0.0741. The average molecular weight is 313 g/mol. The third-order valence-corrected chi connectivity index (χ3v) is 4.08. The fourth-order valence-corrected chi connectivity index (χ4v) is 2.75. The highest BCUT2D eigenvalue weighted by Gasteiger charge is 2.22. The largest absolute Gasteiger partial charge is 0.379 e. The van der Waals surface area contributed by atoms with Gasteiger partial charge in [0.15, 0.2) is 0 Å². The lowest BCUT2D eigenvalue weighted by Crippen LogP contribution is -2.45. The zero-order valence-electron chi connectivity index (χ0n) is 13.4. The van der Waals surface area contributed by atoms with E-state index >= 15 is 0 Å². The van der Waals surface area contributed by atoms with Crippen LogP contribution in [0.5, 0.6) is 0 Å². The second kappa shape index (κ2) is 9.07. The van der Waals surface area contributed by atoms with Crippen molar-refractivity contribution in [3.05, 3.63) is 0 Å². The van der Waals surface area contributed by atoms with Crippen LogP contribution >= 0.6 is 0 Å². The highest BCUT2D eigenvalue weighted by molar-refractivity contribution is 5.83. The summed E-state index contributed by atoms with van der Waals surface area (Å²) >= 11 is 0. The van der Waals surface area contributed by atoms with E-state index in [4.69, 9.17) is 9.47 Å². The molecule has 2 rings (SSSR count). The zero-order valence-corrected chi connectivity index (χ0v) is 13.4. The van der Waals surface area contributed by atoms with Crippen molar-refractivity contribution in [1.29, 1.82) is 0 Å². The third kappa shape index (κ3) is 5.90. The van der Waals surface area contributed by atoms with E-state index in [0.717, 1.165) is 52.3 Å². The summed E-state index contributed by atoms with van der Waals surface area (Å²) in [4.78, 5) is 27.5. The summed E-state index contributed by atoms with van der Waals surface area (Å²) in [5.41, 5.74) is 0. The summed E-state index contributed by atoms with van der Waals surface area (Å²) < 4.78 is 10.8. The number of nitrogens with one attached hydrogen (secondary N) is 1. The maximum atomic E-state index is 12.0. The second-order valence-electron chi connectivity index (χ2n) is 5.84. The molecule has 2 heterocycles. The molecule has 1 unspecified atom stereocenters. The molecule has 2 aliphatic rings. The molecule has 0 aromatic rings. The average Bonchev–Trinajstić information content (AvgIpc) is 3.00. The molecule has 0 saturated carbocycles. The predicted octanol–water partition coefficient (Wildman–Crippen LogP) is -0.538. The number of nitrogens with zero attached hydrogens (tertiary/aromatic N) is 2. The van der Waals surface area contributed by atoms with Crippen molar-refractivity contribution in [1.82, 2.24) is 15.1 Å². The van der Waals surface area contributed by atoms with Crippen molar-refractivity contribution in [3.8, 4) is 0 Å². The second-order valence-corrected chi connectivity index (χ2v) is 5.84. The molecule has 7 heteroatoms. The molecule has 22 heavy (non-hydrogen) atoms. The van der Waals surface area contributed by atoms with Crippen LogP contribution in [0.3, 0.4) is 0 Å². The first-order valence-corrected chi connectivity index (χ1v) is 8.09. The van der Waals surface area contributed by atoms with Crippen molar-refractivity contribution >= 4 is 11.8 Å². The van der Waals surface area contributed by atoms with Gasteiger partial charge < -0.3 is 19.7 Å². The van der Waals surface area contributed by atoms with Crippen molar-refractivity contribution in [2.75, 3.05) is 59.1 Å². The van der Waals surface area contributed by atoms with E-state index in [9.17, 15) is 9.59 Å². The molecule has 2 amide bonds. The van der Waals surface area contributed by atoms with Gasteiger partial charge in [-0.15, -0.1) is 0 Å². The first kappa shape index (κ1) is 17.2. The van der Waals surface area contributed by atoms with Gasteiger partial charge in [-0.05, 0) is 12.8 Å². The summed E-state index contributed by atoms with van der Waals surface area (Å²) in [6.45, 7) is 7.62. The van der Waals surface area contributed by atoms with Gasteiger partial charge in [0.1, 0.15) is 0 Å². The van der Waals surface area contributed by atoms with Crippen LogP contribution in [0.15, 0.2) is 0 Å². The van der Waals surface area contributed by atoms with Crippen molar-refractivity contribution < 1.29 is 19.1 Å². The zero-order chi connectivity index (χ0) is 15.8. The van der Waals surface area contributed by atoms with E-state index < -0.39 is 0 Å². The number of carbonyl (C=O) groups is 2. The molecule has 2 saturated heterocycles. The SMILES string of the molecule is CC(=O)N(CC(=O)NCCN1CCOCC1)CC1CCCO1. The molecule has 0 aliphatic carbocycles. The number of hydrogen-bond acceptors (Lipinski definition) is 5. The fraction of sp³-hybridized carbons (Fsp3) is 0.867. The van der Waals surface area contributed by atoms with E-state index in [1.165, 1.54) is 6.92 Å². The van der Waals surface area contributed by atoms with Gasteiger partial charge in [-0.25, -0.2) is 0 Å². The molecular formula is C15H27N3O4. The van der Waals surface area contributed by atoms with E-state index in [1.54, 1.807) is 4.90 Å². The Labute approximate surface area is 131 Å². The highest BCUT2D eigenvalue weighted by atomic mass is 16.5. The Morgan fingerprint density at radius 2 is 2.05 bits per heavy atom.